The van der Waals surface area contributed by atoms with Crippen LogP contribution in [0.1, 0.15) is 197 Å². The Balaban J connectivity index is 3.39. The molecule has 0 radical (unpaired) electrons. The van der Waals surface area contributed by atoms with Crippen LogP contribution in [0, 0.1) is 17.8 Å². The number of hydrogen-bond acceptors (Lipinski definition) is 20. The normalized spacial score (nSPS) is 15.3. The van der Waals surface area contributed by atoms with Crippen LogP contribution in [0.2, 0.25) is 0 Å². The lowest BCUT2D eigenvalue weighted by atomic mass is 10.0. The molecule has 14 atom stereocenters. The highest BCUT2D eigenvalue weighted by atomic mass is 16.4. The number of nitrogens with one attached hydrogen (secondary N) is 13. The van der Waals surface area contributed by atoms with Crippen LogP contribution in [0.15, 0.2) is 30.3 Å². The van der Waals surface area contributed by atoms with Gasteiger partial charge in [-0.2, -0.15) is 0 Å². The van der Waals surface area contributed by atoms with Crippen LogP contribution in [0.25, 0.3) is 0 Å². The van der Waals surface area contributed by atoms with Gasteiger partial charge in [0.15, 0.2) is 0 Å². The van der Waals surface area contributed by atoms with E-state index in [1.807, 2.05) is 44.2 Å². The summed E-state index contributed by atoms with van der Waals surface area (Å²) in [6.45, 7) is 19.0. The Morgan fingerprint density at radius 2 is 0.491 bits per heavy atom. The van der Waals surface area contributed by atoms with Crippen molar-refractivity contribution in [2.45, 2.75) is 283 Å². The van der Waals surface area contributed by atoms with Crippen molar-refractivity contribution in [3.8, 4) is 0 Å². The van der Waals surface area contributed by atoms with E-state index in [0.29, 0.717) is 70.8 Å². The Kier molecular flexibility index (Phi) is 47.4. The summed E-state index contributed by atoms with van der Waals surface area (Å²) < 4.78 is 0. The lowest BCUT2D eigenvalue weighted by molar-refractivity contribution is -0.142. The number of rotatable bonds is 55. The first-order chi connectivity index (χ1) is 50.0. The van der Waals surface area contributed by atoms with Crippen molar-refractivity contribution in [2.24, 2.45) is 52.2 Å². The molecule has 0 saturated heterocycles. The molecule has 0 aliphatic rings. The van der Waals surface area contributed by atoms with Crippen molar-refractivity contribution in [2.75, 3.05) is 32.7 Å². The zero-order chi connectivity index (χ0) is 80.2. The predicted octanol–water partition coefficient (Wildman–Crippen LogP) is -2.17. The fraction of sp³-hybridized carbons (Fsp3) is 0.722. The number of carbonyl (C=O) groups is 14. The van der Waals surface area contributed by atoms with Gasteiger partial charge in [0, 0.05) is 0 Å². The van der Waals surface area contributed by atoms with Gasteiger partial charge in [0.1, 0.15) is 78.5 Å². The third-order valence-electron chi connectivity index (χ3n) is 17.3. The molecule has 0 bridgehead atoms. The van der Waals surface area contributed by atoms with E-state index in [1.165, 1.54) is 34.6 Å². The van der Waals surface area contributed by atoms with E-state index in [-0.39, 0.29) is 102 Å². The highest BCUT2D eigenvalue weighted by Gasteiger charge is 2.36. The van der Waals surface area contributed by atoms with E-state index in [1.54, 1.807) is 27.7 Å². The van der Waals surface area contributed by atoms with Gasteiger partial charge in [-0.25, -0.2) is 4.79 Å². The monoisotopic (exact) mass is 1500 g/mol. The minimum Gasteiger partial charge on any atom is -0.480 e. The number of carboxylic acids is 1. The van der Waals surface area contributed by atoms with Gasteiger partial charge >= 0.3 is 5.97 Å². The zero-order valence-corrected chi connectivity index (χ0v) is 64.3. The third-order valence-corrected chi connectivity index (χ3v) is 17.3. The summed E-state index contributed by atoms with van der Waals surface area (Å²) >= 11 is 0. The second-order valence-electron chi connectivity index (χ2n) is 28.6. The topological polar surface area (TPSA) is 572 Å². The van der Waals surface area contributed by atoms with Crippen LogP contribution in [0.3, 0.4) is 0 Å². The van der Waals surface area contributed by atoms with Crippen LogP contribution >= 0.6 is 0 Å². The largest absolute Gasteiger partial charge is 0.480 e. The molecule has 0 spiro atoms. The van der Waals surface area contributed by atoms with Crippen LogP contribution in [0.5, 0.6) is 0 Å². The molecule has 0 aliphatic heterocycles. The number of carbonyl (C=O) groups excluding carboxylic acids is 13. The molecule has 0 unspecified atom stereocenters. The molecular formula is C72H129N19O15. The summed E-state index contributed by atoms with van der Waals surface area (Å²) in [4.78, 5) is 192. The van der Waals surface area contributed by atoms with E-state index in [9.17, 15) is 72.2 Å². The van der Waals surface area contributed by atoms with Crippen molar-refractivity contribution in [1.29, 1.82) is 0 Å². The number of carboxylic acid groups (broad SMARTS) is 1. The Morgan fingerprint density at radius 3 is 0.755 bits per heavy atom. The number of unbranched alkanes of at least 4 members (excludes halogenated alkanes) is 5. The summed E-state index contributed by atoms with van der Waals surface area (Å²) in [6, 6.07) is -8.03. The lowest BCUT2D eigenvalue weighted by Gasteiger charge is -2.28. The van der Waals surface area contributed by atoms with Crippen molar-refractivity contribution < 1.29 is 72.2 Å². The molecule has 602 valence electrons. The summed E-state index contributed by atoms with van der Waals surface area (Å²) in [5, 5.41) is 43.8. The number of amides is 13. The molecule has 34 nitrogen and oxygen atoms in total. The van der Waals surface area contributed by atoms with Crippen molar-refractivity contribution in [1.82, 2.24) is 69.1 Å². The highest BCUT2D eigenvalue weighted by molar-refractivity contribution is 6.00. The third kappa shape index (κ3) is 38.7. The standard InChI is InChI=1S/C72H129N19O15/c1-41(2)37-56(70(103)82-47(10)61(94)84-51(27-15-20-32-73)65(98)81-44(7)59(92)79-45(8)63(96)91-58(72(105)106)39-43(5)6)89-69(102)55(31-19-24-36-77)88-67(100)53(29-17-22-34-75)86-62(95)48(11)83-71(104)57(38-42(3)4)90-68(101)54(30-18-23-35-76)87-66(99)52(28-16-21-33-74)85-60(93)46(9)80-64(97)50(78)40-49-25-13-12-14-26-49/h12-14,25-26,41-48,50-58H,15-24,27-40,73-78H2,1-11H3,(H,79,92)(H,80,97)(H,81,98)(H,82,103)(H,83,104)(H,84,94)(H,85,93)(H,86,95)(H,87,99)(H,88,100)(H,89,102)(H,90,101)(H,91,96)(H,105,106)/t44-,45-,46-,47-,48-,50-,51-,52-,53-,54-,55-,56-,57-,58-/m0/s1. The van der Waals surface area contributed by atoms with E-state index in [4.69, 9.17) is 34.4 Å². The van der Waals surface area contributed by atoms with Crippen LogP contribution in [-0.2, 0) is 73.5 Å². The minimum atomic E-state index is -1.33. The maximum Gasteiger partial charge on any atom is 0.326 e. The van der Waals surface area contributed by atoms with E-state index in [0.717, 1.165) is 5.56 Å². The first-order valence-corrected chi connectivity index (χ1v) is 37.5. The van der Waals surface area contributed by atoms with Gasteiger partial charge in [0.25, 0.3) is 0 Å². The molecule has 26 N–H and O–H groups in total. The molecule has 0 saturated carbocycles. The van der Waals surface area contributed by atoms with E-state index < -0.39 is 167 Å². The molecule has 0 aromatic heterocycles. The molecule has 13 amide bonds. The molecule has 0 aliphatic carbocycles. The van der Waals surface area contributed by atoms with Crippen molar-refractivity contribution >= 4 is 82.8 Å². The molecule has 106 heavy (non-hydrogen) atoms. The van der Waals surface area contributed by atoms with Crippen LogP contribution < -0.4 is 104 Å². The maximum absolute atomic E-state index is 14.4. The average Bonchev–Trinajstić information content (AvgIpc) is 0.858. The first-order valence-electron chi connectivity index (χ1n) is 37.5. The molecule has 1 rings (SSSR count). The first kappa shape index (κ1) is 95.6. The number of hydrogen-bond donors (Lipinski definition) is 20. The maximum atomic E-state index is 14.4. The summed E-state index contributed by atoms with van der Waals surface area (Å²) in [5.41, 5.74) is 36.0. The molecule has 0 fully saturated rings. The molecule has 1 aromatic carbocycles. The molecule has 1 aromatic rings. The lowest BCUT2D eigenvalue weighted by Crippen LogP contribution is -2.60. The Morgan fingerprint density at radius 1 is 0.283 bits per heavy atom. The fourth-order valence-corrected chi connectivity index (χ4v) is 11.1. The smallest absolute Gasteiger partial charge is 0.326 e. The van der Waals surface area contributed by atoms with Gasteiger partial charge < -0.3 is 109 Å². The van der Waals surface area contributed by atoms with Gasteiger partial charge in [-0.05, 0) is 213 Å². The quantitative estimate of drug-likeness (QED) is 0.0309. The SMILES string of the molecule is CC(C)C[C@H](NC(=O)[C@H](C)NC(=O)[C@H](C)NC(=O)[C@H](CCCCN)NC(=O)[C@H](C)NC(=O)[C@H](CC(C)C)NC(=O)[C@H](CCCCN)NC(=O)[C@H](CCCCN)NC(=O)[C@H](C)NC(=O)[C@H](CC(C)C)NC(=O)[C@H](CCCCN)NC(=O)[C@H](CCCCN)NC(=O)[C@H](C)NC(=O)[C@@H](N)Cc1ccccc1)C(=O)O. The summed E-state index contributed by atoms with van der Waals surface area (Å²) in [7, 11) is 0. The van der Waals surface area contributed by atoms with Gasteiger partial charge in [-0.15, -0.1) is 0 Å². The van der Waals surface area contributed by atoms with E-state index >= 15 is 0 Å². The number of benzene rings is 1. The Labute approximate surface area is 625 Å². The van der Waals surface area contributed by atoms with Gasteiger partial charge in [-0.1, -0.05) is 71.9 Å². The van der Waals surface area contributed by atoms with Gasteiger partial charge in [-0.3, -0.25) is 62.3 Å². The van der Waals surface area contributed by atoms with Crippen molar-refractivity contribution in [3.63, 3.8) is 0 Å². The minimum absolute atomic E-state index is 0.0329. The second kappa shape index (κ2) is 52.5. The number of aliphatic carboxylic acids is 1. The van der Waals surface area contributed by atoms with Crippen LogP contribution in [0.4, 0.5) is 0 Å². The van der Waals surface area contributed by atoms with Crippen molar-refractivity contribution in [3.05, 3.63) is 35.9 Å². The van der Waals surface area contributed by atoms with Gasteiger partial charge in [0.2, 0.25) is 76.8 Å². The highest BCUT2D eigenvalue weighted by Crippen LogP contribution is 2.14. The van der Waals surface area contributed by atoms with E-state index in [2.05, 4.69) is 69.1 Å². The molecule has 0 heterocycles. The Hall–Kier alpha value is -8.44. The zero-order valence-electron chi connectivity index (χ0n) is 64.3. The summed E-state index contributed by atoms with van der Waals surface area (Å²) in [5.74, 6) is -11.5. The molecule has 34 heteroatoms. The predicted molar refractivity (Wildman–Crippen MR) is 402 cm³/mol. The molecular weight excluding hydrogens is 1370 g/mol. The summed E-state index contributed by atoms with van der Waals surface area (Å²) in [6.07, 6.45) is 4.99. The fourth-order valence-electron chi connectivity index (χ4n) is 11.1. The Bertz CT molecular complexity index is 2930. The second-order valence-corrected chi connectivity index (χ2v) is 28.6. The number of nitrogens with two attached hydrogens (primary N) is 6. The van der Waals surface area contributed by atoms with Gasteiger partial charge in [0.05, 0.1) is 6.04 Å². The average molecular weight is 1500 g/mol. The van der Waals surface area contributed by atoms with Crippen LogP contribution in [-0.4, -0.2) is 205 Å².